The van der Waals surface area contributed by atoms with Crippen molar-refractivity contribution in [2.75, 3.05) is 24.3 Å². The number of allylic oxidation sites excluding steroid dienone is 1. The van der Waals surface area contributed by atoms with Gasteiger partial charge in [-0.3, -0.25) is 5.32 Å². The number of thioether (sulfide) groups is 1. The molecule has 8 N–H and O–H groups in total. The lowest BCUT2D eigenvalue weighted by atomic mass is 10.1. The molecule has 0 bridgehead atoms. The van der Waals surface area contributed by atoms with Crippen molar-refractivity contribution in [1.82, 2.24) is 20.7 Å². The fourth-order valence-electron chi connectivity index (χ4n) is 3.95. The summed E-state index contributed by atoms with van der Waals surface area (Å²) in [5.41, 5.74) is 11.1. The molecule has 1 aliphatic rings. The predicted molar refractivity (Wildman–Crippen MR) is 161 cm³/mol. The van der Waals surface area contributed by atoms with Crippen molar-refractivity contribution in [2.45, 2.75) is 30.8 Å². The fourth-order valence-corrected chi connectivity index (χ4v) is 5.58. The molecule has 212 valence electrons. The first-order valence-electron chi connectivity index (χ1n) is 12.4. The molecule has 0 radical (unpaired) electrons. The van der Waals surface area contributed by atoms with Gasteiger partial charge in [0.25, 0.3) is 0 Å². The molecule has 0 spiro atoms. The quantitative estimate of drug-likeness (QED) is 0.0798. The van der Waals surface area contributed by atoms with Crippen LogP contribution in [0.5, 0.6) is 0 Å². The maximum Gasteiger partial charge on any atom is 0.183 e. The minimum absolute atomic E-state index is 0.0610. The Kier molecular flexibility index (Phi) is 9.80. The summed E-state index contributed by atoms with van der Waals surface area (Å²) in [6.45, 7) is 8.78. The molecule has 0 fully saturated rings. The van der Waals surface area contributed by atoms with Crippen molar-refractivity contribution in [3.63, 3.8) is 0 Å². The number of nitrogens with two attached hydrogens (primary N) is 1. The van der Waals surface area contributed by atoms with Crippen molar-refractivity contribution in [1.29, 1.82) is 0 Å². The first-order chi connectivity index (χ1) is 19.2. The van der Waals surface area contributed by atoms with Gasteiger partial charge in [0, 0.05) is 41.1 Å². The van der Waals surface area contributed by atoms with Crippen molar-refractivity contribution < 1.29 is 13.2 Å². The average Bonchev–Trinajstić information content (AvgIpc) is 3.24. The number of hydrogen-bond donors (Lipinski definition) is 7. The van der Waals surface area contributed by atoms with Gasteiger partial charge in [0.1, 0.15) is 5.82 Å². The van der Waals surface area contributed by atoms with Crippen LogP contribution in [-0.2, 0) is 6.54 Å². The van der Waals surface area contributed by atoms with Crippen molar-refractivity contribution in [3.8, 4) is 0 Å². The number of nitrogens with one attached hydrogen (secondary N) is 6. The third kappa shape index (κ3) is 7.19. The summed E-state index contributed by atoms with van der Waals surface area (Å²) in [4.78, 5) is 0.385. The van der Waals surface area contributed by atoms with E-state index in [1.807, 2.05) is 32.2 Å². The highest BCUT2D eigenvalue weighted by Crippen LogP contribution is 2.33. The van der Waals surface area contributed by atoms with E-state index >= 15 is 0 Å². The van der Waals surface area contributed by atoms with Crippen molar-refractivity contribution in [3.05, 3.63) is 100.0 Å². The maximum atomic E-state index is 14.6. The minimum atomic E-state index is -1.08. The number of rotatable bonds is 12. The minimum Gasteiger partial charge on any atom is -0.392 e. The summed E-state index contributed by atoms with van der Waals surface area (Å²) < 4.78 is 46.0. The number of aryl methyl sites for hydroxylation is 1. The predicted octanol–water partition coefficient (Wildman–Crippen LogP) is 5.87. The second-order valence-electron chi connectivity index (χ2n) is 9.08. The lowest BCUT2D eigenvalue weighted by Crippen LogP contribution is -2.34. The van der Waals surface area contributed by atoms with E-state index < -0.39 is 17.5 Å². The van der Waals surface area contributed by atoms with Gasteiger partial charge >= 0.3 is 0 Å². The molecule has 3 aromatic carbocycles. The van der Waals surface area contributed by atoms with Gasteiger partial charge in [-0.1, -0.05) is 36.5 Å². The Morgan fingerprint density at radius 1 is 1.05 bits per heavy atom. The zero-order valence-corrected chi connectivity index (χ0v) is 24.0. The highest BCUT2D eigenvalue weighted by atomic mass is 32.2. The van der Waals surface area contributed by atoms with Gasteiger partial charge in [-0.25, -0.2) is 17.9 Å². The van der Waals surface area contributed by atoms with E-state index in [-0.39, 0.29) is 16.9 Å². The summed E-state index contributed by atoms with van der Waals surface area (Å²) in [6.07, 6.45) is 0. The molecule has 0 saturated heterocycles. The smallest absolute Gasteiger partial charge is 0.183 e. The van der Waals surface area contributed by atoms with E-state index in [0.717, 1.165) is 56.8 Å². The fraction of sp³-hybridized carbons (Fsp3) is 0.214. The van der Waals surface area contributed by atoms with E-state index in [1.165, 1.54) is 30.0 Å². The molecular formula is C28H32F3N7S2. The second kappa shape index (κ2) is 13.3. The molecule has 0 aromatic heterocycles. The van der Waals surface area contributed by atoms with Gasteiger partial charge in [0.05, 0.1) is 23.1 Å². The Morgan fingerprint density at radius 3 is 2.55 bits per heavy atom. The van der Waals surface area contributed by atoms with Crippen LogP contribution in [0.25, 0.3) is 5.70 Å². The van der Waals surface area contributed by atoms with Crippen LogP contribution in [0.3, 0.4) is 0 Å². The van der Waals surface area contributed by atoms with E-state index in [2.05, 4.69) is 37.9 Å². The standard InChI is InChI=1S/C28H32F3N7S2/c1-15-5-9-22(21(30)11-15)38-26-24(10-8-20(29)25(26)31)40-35-14-34-13-18-6-7-19(23(12-18)33-4)16(2)36-28-37-17(3)27(32)39-28/h5-12,28,33-38H,2,13-14,32H2,1,3-4H3. The van der Waals surface area contributed by atoms with Crippen LogP contribution in [0, 0.1) is 24.4 Å². The van der Waals surface area contributed by atoms with Gasteiger partial charge in [0.2, 0.25) is 0 Å². The van der Waals surface area contributed by atoms with Crippen LogP contribution in [0.1, 0.15) is 23.6 Å². The highest BCUT2D eigenvalue weighted by Gasteiger charge is 2.21. The second-order valence-corrected chi connectivity index (χ2v) is 11.2. The summed E-state index contributed by atoms with van der Waals surface area (Å²) >= 11 is 2.61. The number of anilines is 3. The molecule has 1 atom stereocenters. The first kappa shape index (κ1) is 29.5. The summed E-state index contributed by atoms with van der Waals surface area (Å²) in [7, 11) is 1.85. The monoisotopic (exact) mass is 587 g/mol. The first-order valence-corrected chi connectivity index (χ1v) is 14.1. The van der Waals surface area contributed by atoms with E-state index in [4.69, 9.17) is 5.73 Å². The molecule has 1 aliphatic heterocycles. The van der Waals surface area contributed by atoms with Crippen molar-refractivity contribution >= 4 is 46.5 Å². The van der Waals surface area contributed by atoms with Gasteiger partial charge in [-0.05, 0) is 67.3 Å². The topological polar surface area (TPSA) is 98.2 Å². The molecule has 0 saturated carbocycles. The molecular weight excluding hydrogens is 555 g/mol. The summed E-state index contributed by atoms with van der Waals surface area (Å²) in [5, 5.41) is 16.6. The SMILES string of the molecule is C=C(NC1NC(C)=C(N)S1)c1ccc(CNCNSc2ccc(F)c(F)c2Nc2ccc(C)cc2F)cc1NC. The third-order valence-corrected chi connectivity index (χ3v) is 7.98. The Balaban J connectivity index is 1.31. The molecule has 0 amide bonds. The Labute approximate surface area is 240 Å². The molecule has 4 rings (SSSR count). The molecule has 40 heavy (non-hydrogen) atoms. The van der Waals surface area contributed by atoms with Gasteiger partial charge in [0.15, 0.2) is 17.1 Å². The third-order valence-electron chi connectivity index (χ3n) is 6.10. The number of benzene rings is 3. The molecule has 3 aromatic rings. The average molecular weight is 588 g/mol. The van der Waals surface area contributed by atoms with Crippen LogP contribution in [0.2, 0.25) is 0 Å². The Morgan fingerprint density at radius 2 is 1.85 bits per heavy atom. The van der Waals surface area contributed by atoms with Crippen LogP contribution >= 0.6 is 23.7 Å². The van der Waals surface area contributed by atoms with E-state index in [9.17, 15) is 13.2 Å². The van der Waals surface area contributed by atoms with Crippen LogP contribution in [0.4, 0.5) is 30.2 Å². The summed E-state index contributed by atoms with van der Waals surface area (Å²) in [5.74, 6) is -2.65. The Bertz CT molecular complexity index is 1420. The molecule has 1 heterocycles. The molecule has 0 aliphatic carbocycles. The summed E-state index contributed by atoms with van der Waals surface area (Å²) in [6, 6.07) is 13.0. The van der Waals surface area contributed by atoms with Gasteiger partial charge in [-0.2, -0.15) is 0 Å². The Hall–Kier alpha value is -3.45. The van der Waals surface area contributed by atoms with Crippen LogP contribution in [-0.4, -0.2) is 19.2 Å². The lowest BCUT2D eigenvalue weighted by molar-refractivity contribution is 0.509. The van der Waals surface area contributed by atoms with E-state index in [0.29, 0.717) is 18.1 Å². The zero-order chi connectivity index (χ0) is 28.8. The highest BCUT2D eigenvalue weighted by molar-refractivity contribution is 8.03. The number of hydrogen-bond acceptors (Lipinski definition) is 9. The van der Waals surface area contributed by atoms with E-state index in [1.54, 1.807) is 13.0 Å². The van der Waals surface area contributed by atoms with Crippen LogP contribution < -0.4 is 37.0 Å². The molecule has 7 nitrogen and oxygen atoms in total. The van der Waals surface area contributed by atoms with Gasteiger partial charge in [-0.15, -0.1) is 0 Å². The number of halogens is 3. The molecule has 1 unspecified atom stereocenters. The largest absolute Gasteiger partial charge is 0.392 e. The maximum absolute atomic E-state index is 14.6. The molecule has 12 heteroatoms. The van der Waals surface area contributed by atoms with Gasteiger partial charge < -0.3 is 27.0 Å². The zero-order valence-electron chi connectivity index (χ0n) is 22.3. The van der Waals surface area contributed by atoms with Crippen molar-refractivity contribution in [2.24, 2.45) is 5.73 Å². The van der Waals surface area contributed by atoms with Crippen LogP contribution in [0.15, 0.2) is 70.7 Å². The lowest BCUT2D eigenvalue weighted by Gasteiger charge is -2.20. The normalized spacial score (nSPS) is 14.7.